The molecule has 0 aliphatic rings. The lowest BCUT2D eigenvalue weighted by molar-refractivity contribution is -0.153. The van der Waals surface area contributed by atoms with Crippen LogP contribution in [0.1, 0.15) is 16.2 Å². The van der Waals surface area contributed by atoms with Crippen LogP contribution in [0.25, 0.3) is 22.4 Å². The summed E-state index contributed by atoms with van der Waals surface area (Å²) in [5.74, 6) is -2.57. The Hall–Kier alpha value is -3.82. The number of carbonyl (C=O) groups is 1. The molecule has 7 nitrogen and oxygen atoms in total. The lowest BCUT2D eigenvalue weighted by atomic mass is 10.2. The standard InChI is InChI=1S/C19H14F3N5O2/c1-27-13-8-7-11(9-12(13)16(23)26-27)24-17(28)14-15(19(20,21)22)29-18(25-14)10-5-3-2-4-6-10/h2-9H,1H3,(H2,23,26)(H,24,28). The Bertz CT molecular complexity index is 1210. The molecule has 4 rings (SSSR count). The summed E-state index contributed by atoms with van der Waals surface area (Å²) in [5, 5.41) is 7.03. The number of oxazole rings is 1. The summed E-state index contributed by atoms with van der Waals surface area (Å²) >= 11 is 0. The van der Waals surface area contributed by atoms with Crippen LogP contribution in [0, 0.1) is 0 Å². The highest BCUT2D eigenvalue weighted by atomic mass is 19.4. The molecular formula is C19H14F3N5O2. The topological polar surface area (TPSA) is 99.0 Å². The summed E-state index contributed by atoms with van der Waals surface area (Å²) in [6.45, 7) is 0. The molecule has 3 N–H and O–H groups in total. The van der Waals surface area contributed by atoms with Gasteiger partial charge in [0.25, 0.3) is 5.91 Å². The van der Waals surface area contributed by atoms with Crippen LogP contribution in [-0.2, 0) is 13.2 Å². The maximum atomic E-state index is 13.4. The summed E-state index contributed by atoms with van der Waals surface area (Å²) < 4.78 is 46.6. The number of alkyl halides is 3. The van der Waals surface area contributed by atoms with Gasteiger partial charge in [0, 0.05) is 23.7 Å². The van der Waals surface area contributed by atoms with E-state index in [9.17, 15) is 18.0 Å². The van der Waals surface area contributed by atoms with Gasteiger partial charge in [-0.3, -0.25) is 9.48 Å². The van der Waals surface area contributed by atoms with Gasteiger partial charge < -0.3 is 15.5 Å². The Morgan fingerprint density at radius 3 is 2.59 bits per heavy atom. The zero-order valence-electron chi connectivity index (χ0n) is 15.0. The fourth-order valence-electron chi connectivity index (χ4n) is 2.93. The van der Waals surface area contributed by atoms with Crippen molar-refractivity contribution in [1.29, 1.82) is 0 Å². The van der Waals surface area contributed by atoms with Crippen LogP contribution in [-0.4, -0.2) is 20.7 Å². The van der Waals surface area contributed by atoms with Crippen molar-refractivity contribution in [2.24, 2.45) is 7.05 Å². The predicted octanol–water partition coefficient (Wildman–Crippen LogP) is 4.08. The molecule has 10 heteroatoms. The van der Waals surface area contributed by atoms with E-state index in [0.717, 1.165) is 0 Å². The number of aromatic nitrogens is 3. The molecule has 2 aromatic carbocycles. The van der Waals surface area contributed by atoms with E-state index in [0.29, 0.717) is 16.5 Å². The van der Waals surface area contributed by atoms with Gasteiger partial charge in [-0.2, -0.15) is 18.3 Å². The molecule has 0 unspecified atom stereocenters. The predicted molar refractivity (Wildman–Crippen MR) is 100 cm³/mol. The first-order chi connectivity index (χ1) is 13.7. The number of hydrogen-bond donors (Lipinski definition) is 2. The molecule has 0 saturated carbocycles. The van der Waals surface area contributed by atoms with Gasteiger partial charge in [-0.15, -0.1) is 0 Å². The first kappa shape index (κ1) is 18.5. The van der Waals surface area contributed by atoms with Gasteiger partial charge in [-0.25, -0.2) is 4.98 Å². The molecule has 0 radical (unpaired) electrons. The third kappa shape index (κ3) is 3.40. The first-order valence-corrected chi connectivity index (χ1v) is 8.41. The third-order valence-electron chi connectivity index (χ3n) is 4.26. The summed E-state index contributed by atoms with van der Waals surface area (Å²) in [5.41, 5.74) is 6.25. The molecule has 2 heterocycles. The number of nitrogen functional groups attached to an aromatic ring is 1. The van der Waals surface area contributed by atoms with Crippen LogP contribution < -0.4 is 11.1 Å². The number of anilines is 2. The summed E-state index contributed by atoms with van der Waals surface area (Å²) in [4.78, 5) is 16.4. The van der Waals surface area contributed by atoms with E-state index >= 15 is 0 Å². The highest BCUT2D eigenvalue weighted by Crippen LogP contribution is 2.35. The Kier molecular flexibility index (Phi) is 4.26. The SMILES string of the molecule is Cn1nc(N)c2cc(NC(=O)c3nc(-c4ccccc4)oc3C(F)(F)F)ccc21. The van der Waals surface area contributed by atoms with E-state index in [1.807, 2.05) is 0 Å². The molecule has 29 heavy (non-hydrogen) atoms. The second kappa shape index (κ2) is 6.66. The second-order valence-electron chi connectivity index (χ2n) is 6.26. The van der Waals surface area contributed by atoms with Crippen molar-refractivity contribution in [3.63, 3.8) is 0 Å². The van der Waals surface area contributed by atoms with Crippen molar-refractivity contribution >= 4 is 28.3 Å². The van der Waals surface area contributed by atoms with Crippen LogP contribution >= 0.6 is 0 Å². The zero-order chi connectivity index (χ0) is 20.8. The number of nitrogens with zero attached hydrogens (tertiary/aromatic N) is 3. The lowest BCUT2D eigenvalue weighted by Crippen LogP contribution is -2.18. The van der Waals surface area contributed by atoms with Crippen molar-refractivity contribution in [3.8, 4) is 11.5 Å². The summed E-state index contributed by atoms with van der Waals surface area (Å²) in [6, 6.07) is 12.7. The van der Waals surface area contributed by atoms with Crippen molar-refractivity contribution < 1.29 is 22.4 Å². The van der Waals surface area contributed by atoms with E-state index in [1.165, 1.54) is 24.3 Å². The van der Waals surface area contributed by atoms with E-state index in [4.69, 9.17) is 10.2 Å². The number of hydrogen-bond acceptors (Lipinski definition) is 5. The Labute approximate surface area is 161 Å². The molecule has 0 aliphatic heterocycles. The number of benzene rings is 2. The van der Waals surface area contributed by atoms with Crippen molar-refractivity contribution in [2.45, 2.75) is 6.18 Å². The minimum absolute atomic E-state index is 0.238. The second-order valence-corrected chi connectivity index (χ2v) is 6.26. The molecule has 2 aromatic heterocycles. The van der Waals surface area contributed by atoms with E-state index in [1.54, 1.807) is 36.0 Å². The van der Waals surface area contributed by atoms with Crippen LogP contribution in [0.15, 0.2) is 52.9 Å². The molecule has 148 valence electrons. The molecule has 0 atom stereocenters. The molecular weight excluding hydrogens is 387 g/mol. The third-order valence-corrected chi connectivity index (χ3v) is 4.26. The Balaban J connectivity index is 1.71. The average Bonchev–Trinajstić information content (AvgIpc) is 3.25. The van der Waals surface area contributed by atoms with Crippen LogP contribution in [0.5, 0.6) is 0 Å². The normalized spacial score (nSPS) is 11.7. The number of halogens is 3. The van der Waals surface area contributed by atoms with Gasteiger partial charge in [0.15, 0.2) is 11.5 Å². The number of aryl methyl sites for hydroxylation is 1. The smallest absolute Gasteiger partial charge is 0.431 e. The highest BCUT2D eigenvalue weighted by Gasteiger charge is 2.42. The largest absolute Gasteiger partial charge is 0.452 e. The number of fused-ring (bicyclic) bond motifs is 1. The molecule has 0 saturated heterocycles. The zero-order valence-corrected chi connectivity index (χ0v) is 15.0. The monoisotopic (exact) mass is 401 g/mol. The maximum Gasteiger partial charge on any atom is 0.452 e. The van der Waals surface area contributed by atoms with Gasteiger partial charge in [0.1, 0.15) is 0 Å². The fraction of sp³-hybridized carbons (Fsp3) is 0.105. The summed E-state index contributed by atoms with van der Waals surface area (Å²) in [7, 11) is 1.70. The van der Waals surface area contributed by atoms with E-state index < -0.39 is 23.5 Å². The van der Waals surface area contributed by atoms with Crippen LogP contribution in [0.3, 0.4) is 0 Å². The number of rotatable bonds is 3. The van der Waals surface area contributed by atoms with E-state index in [-0.39, 0.29) is 17.4 Å². The molecule has 0 bridgehead atoms. The molecule has 0 fully saturated rings. The van der Waals surface area contributed by atoms with Crippen LogP contribution in [0.2, 0.25) is 0 Å². The van der Waals surface area contributed by atoms with E-state index in [2.05, 4.69) is 15.4 Å². The number of amides is 1. The summed E-state index contributed by atoms with van der Waals surface area (Å²) in [6.07, 6.45) is -4.88. The fourth-order valence-corrected chi connectivity index (χ4v) is 2.93. The van der Waals surface area contributed by atoms with Gasteiger partial charge >= 0.3 is 6.18 Å². The average molecular weight is 401 g/mol. The lowest BCUT2D eigenvalue weighted by Gasteiger charge is -2.06. The maximum absolute atomic E-state index is 13.4. The number of nitrogens with two attached hydrogens (primary N) is 1. The molecule has 0 spiro atoms. The van der Waals surface area contributed by atoms with Gasteiger partial charge in [0.2, 0.25) is 11.7 Å². The van der Waals surface area contributed by atoms with Gasteiger partial charge in [-0.05, 0) is 30.3 Å². The Morgan fingerprint density at radius 2 is 1.90 bits per heavy atom. The van der Waals surface area contributed by atoms with Crippen molar-refractivity contribution in [1.82, 2.24) is 14.8 Å². The van der Waals surface area contributed by atoms with Crippen molar-refractivity contribution in [2.75, 3.05) is 11.1 Å². The quantitative estimate of drug-likeness (QED) is 0.539. The Morgan fingerprint density at radius 1 is 1.17 bits per heavy atom. The first-order valence-electron chi connectivity index (χ1n) is 8.41. The molecule has 4 aromatic rings. The minimum atomic E-state index is -4.88. The van der Waals surface area contributed by atoms with Gasteiger partial charge in [0.05, 0.1) is 5.52 Å². The highest BCUT2D eigenvalue weighted by molar-refractivity contribution is 6.05. The van der Waals surface area contributed by atoms with Crippen molar-refractivity contribution in [3.05, 3.63) is 60.0 Å². The minimum Gasteiger partial charge on any atom is -0.431 e. The van der Waals surface area contributed by atoms with Gasteiger partial charge in [-0.1, -0.05) is 18.2 Å². The number of carbonyl (C=O) groups excluding carboxylic acids is 1. The number of nitrogens with one attached hydrogen (secondary N) is 1. The molecule has 0 aliphatic carbocycles. The molecule has 1 amide bonds. The van der Waals surface area contributed by atoms with Crippen LogP contribution in [0.4, 0.5) is 24.7 Å².